The fraction of sp³-hybridized carbons (Fsp3) is 0.182. The van der Waals surface area contributed by atoms with Crippen LogP contribution in [0.2, 0.25) is 0 Å². The summed E-state index contributed by atoms with van der Waals surface area (Å²) >= 11 is 0. The Balaban J connectivity index is 3.16. The first-order chi connectivity index (χ1) is 6.02. The lowest BCUT2D eigenvalue weighted by Crippen LogP contribution is -1.99. The van der Waals surface area contributed by atoms with E-state index in [1.807, 2.05) is 6.92 Å². The minimum atomic E-state index is -0.211. The van der Waals surface area contributed by atoms with Crippen molar-refractivity contribution in [1.29, 1.82) is 0 Å². The zero-order valence-corrected chi connectivity index (χ0v) is 7.79. The zero-order valence-electron chi connectivity index (χ0n) is 7.79. The second-order valence-electron chi connectivity index (χ2n) is 3.13. The van der Waals surface area contributed by atoms with E-state index in [0.717, 1.165) is 5.56 Å². The number of rotatable bonds is 2. The fourth-order valence-electron chi connectivity index (χ4n) is 1.06. The number of hydrogen-bond donors (Lipinski definition) is 1. The summed E-state index contributed by atoms with van der Waals surface area (Å²) < 4.78 is 0. The first-order valence-corrected chi connectivity index (χ1v) is 4.02. The molecule has 0 fully saturated rings. The molecule has 0 aromatic heterocycles. The molecule has 0 radical (unpaired) electrons. The Bertz CT molecular complexity index is 364. The maximum atomic E-state index is 11.4. The largest absolute Gasteiger partial charge is 0.507 e. The highest BCUT2D eigenvalue weighted by Crippen LogP contribution is 2.20. The molecule has 2 nitrogen and oxygen atoms in total. The van der Waals surface area contributed by atoms with Gasteiger partial charge in [-0.2, -0.15) is 0 Å². The average molecular weight is 176 g/mol. The quantitative estimate of drug-likeness (QED) is 0.555. The van der Waals surface area contributed by atoms with Crippen molar-refractivity contribution in [3.63, 3.8) is 0 Å². The summed E-state index contributed by atoms with van der Waals surface area (Å²) in [6.45, 7) is 7.02. The van der Waals surface area contributed by atoms with E-state index in [1.54, 1.807) is 25.1 Å². The van der Waals surface area contributed by atoms with Crippen LogP contribution in [0.5, 0.6) is 5.75 Å². The van der Waals surface area contributed by atoms with Crippen LogP contribution in [0.1, 0.15) is 22.8 Å². The summed E-state index contributed by atoms with van der Waals surface area (Å²) in [6.07, 6.45) is 0. The van der Waals surface area contributed by atoms with E-state index in [1.165, 1.54) is 0 Å². The number of benzene rings is 1. The maximum Gasteiger partial charge on any atom is 0.191 e. The molecule has 2 heteroatoms. The van der Waals surface area contributed by atoms with E-state index in [9.17, 15) is 9.90 Å². The summed E-state index contributed by atoms with van der Waals surface area (Å²) in [5.41, 5.74) is 1.67. The summed E-state index contributed by atoms with van der Waals surface area (Å²) in [6, 6.07) is 4.97. The number of aryl methyl sites for hydroxylation is 1. The molecule has 1 aromatic carbocycles. The van der Waals surface area contributed by atoms with E-state index in [4.69, 9.17) is 0 Å². The van der Waals surface area contributed by atoms with E-state index in [2.05, 4.69) is 6.58 Å². The van der Waals surface area contributed by atoms with Gasteiger partial charge in [0.1, 0.15) is 5.75 Å². The predicted octanol–water partition coefficient (Wildman–Crippen LogP) is 2.46. The highest BCUT2D eigenvalue weighted by atomic mass is 16.3. The standard InChI is InChI=1S/C11H12O2/c1-7(2)11(13)9-5-4-8(3)6-10(9)12/h4-6,12H,1H2,2-3H3. The van der Waals surface area contributed by atoms with Crippen LogP contribution >= 0.6 is 0 Å². The minimum Gasteiger partial charge on any atom is -0.507 e. The van der Waals surface area contributed by atoms with Gasteiger partial charge in [0.2, 0.25) is 0 Å². The SMILES string of the molecule is C=C(C)C(=O)c1ccc(C)cc1O. The predicted molar refractivity (Wildman–Crippen MR) is 52.0 cm³/mol. The Morgan fingerprint density at radius 3 is 2.54 bits per heavy atom. The molecule has 0 heterocycles. The van der Waals surface area contributed by atoms with Crippen molar-refractivity contribution in [2.45, 2.75) is 13.8 Å². The molecule has 0 spiro atoms. The van der Waals surface area contributed by atoms with E-state index in [0.29, 0.717) is 11.1 Å². The number of aromatic hydroxyl groups is 1. The third kappa shape index (κ3) is 1.96. The van der Waals surface area contributed by atoms with Crippen molar-refractivity contribution in [2.24, 2.45) is 0 Å². The molecule has 0 bridgehead atoms. The van der Waals surface area contributed by atoms with Gasteiger partial charge >= 0.3 is 0 Å². The summed E-state index contributed by atoms with van der Waals surface area (Å²) in [4.78, 5) is 11.4. The molecule has 68 valence electrons. The Morgan fingerprint density at radius 2 is 2.08 bits per heavy atom. The second kappa shape index (κ2) is 3.44. The van der Waals surface area contributed by atoms with E-state index < -0.39 is 0 Å². The average Bonchev–Trinajstić information content (AvgIpc) is 2.03. The second-order valence-corrected chi connectivity index (χ2v) is 3.13. The van der Waals surface area contributed by atoms with Gasteiger partial charge in [-0.05, 0) is 37.1 Å². The number of allylic oxidation sites excluding steroid dienone is 1. The van der Waals surface area contributed by atoms with Gasteiger partial charge in [0, 0.05) is 0 Å². The lowest BCUT2D eigenvalue weighted by Gasteiger charge is -2.03. The van der Waals surface area contributed by atoms with Gasteiger partial charge in [0.05, 0.1) is 5.56 Å². The van der Waals surface area contributed by atoms with Crippen molar-refractivity contribution in [2.75, 3.05) is 0 Å². The molecule has 0 amide bonds. The summed E-state index contributed by atoms with van der Waals surface area (Å²) in [5, 5.41) is 9.45. The summed E-state index contributed by atoms with van der Waals surface area (Å²) in [7, 11) is 0. The van der Waals surface area contributed by atoms with Gasteiger partial charge in [0.25, 0.3) is 0 Å². The molecule has 1 rings (SSSR count). The molecular weight excluding hydrogens is 164 g/mol. The molecule has 13 heavy (non-hydrogen) atoms. The smallest absolute Gasteiger partial charge is 0.191 e. The zero-order chi connectivity index (χ0) is 10.0. The van der Waals surface area contributed by atoms with Crippen LogP contribution in [0, 0.1) is 6.92 Å². The van der Waals surface area contributed by atoms with Gasteiger partial charge < -0.3 is 5.11 Å². The van der Waals surface area contributed by atoms with Crippen molar-refractivity contribution < 1.29 is 9.90 Å². The van der Waals surface area contributed by atoms with Crippen LogP contribution < -0.4 is 0 Å². The van der Waals surface area contributed by atoms with Crippen molar-refractivity contribution in [3.05, 3.63) is 41.5 Å². The molecule has 0 saturated carbocycles. The van der Waals surface area contributed by atoms with E-state index >= 15 is 0 Å². The number of hydrogen-bond acceptors (Lipinski definition) is 2. The molecule has 0 unspecified atom stereocenters. The first kappa shape index (κ1) is 9.52. The highest BCUT2D eigenvalue weighted by Gasteiger charge is 2.10. The Hall–Kier alpha value is -1.57. The monoisotopic (exact) mass is 176 g/mol. The van der Waals surface area contributed by atoms with E-state index in [-0.39, 0.29) is 11.5 Å². The maximum absolute atomic E-state index is 11.4. The molecule has 0 atom stereocenters. The number of phenols is 1. The normalized spacial score (nSPS) is 9.69. The summed E-state index contributed by atoms with van der Waals surface area (Å²) in [5.74, 6) is -0.189. The lowest BCUT2D eigenvalue weighted by molar-refractivity contribution is 0.103. The minimum absolute atomic E-state index is 0.0213. The number of ketones is 1. The molecule has 1 aromatic rings. The Kier molecular flexibility index (Phi) is 2.52. The highest BCUT2D eigenvalue weighted by molar-refractivity contribution is 6.09. The van der Waals surface area contributed by atoms with Gasteiger partial charge in [0.15, 0.2) is 5.78 Å². The third-order valence-electron chi connectivity index (χ3n) is 1.79. The number of carbonyl (C=O) groups excluding carboxylic acids is 1. The molecular formula is C11H12O2. The van der Waals surface area contributed by atoms with Crippen LogP contribution in [0.15, 0.2) is 30.4 Å². The van der Waals surface area contributed by atoms with Crippen LogP contribution in [-0.4, -0.2) is 10.9 Å². The van der Waals surface area contributed by atoms with Gasteiger partial charge in [-0.3, -0.25) is 4.79 Å². The first-order valence-electron chi connectivity index (χ1n) is 4.02. The number of carbonyl (C=O) groups is 1. The van der Waals surface area contributed by atoms with Crippen LogP contribution in [-0.2, 0) is 0 Å². The topological polar surface area (TPSA) is 37.3 Å². The lowest BCUT2D eigenvalue weighted by atomic mass is 10.0. The number of Topliss-reactive ketones (excluding diaryl/α,β-unsaturated/α-hetero) is 1. The molecule has 0 aliphatic rings. The number of phenolic OH excluding ortho intramolecular Hbond substituents is 1. The third-order valence-corrected chi connectivity index (χ3v) is 1.79. The fourth-order valence-corrected chi connectivity index (χ4v) is 1.06. The van der Waals surface area contributed by atoms with Crippen LogP contribution in [0.4, 0.5) is 0 Å². The molecule has 0 saturated heterocycles. The van der Waals surface area contributed by atoms with Crippen molar-refractivity contribution in [1.82, 2.24) is 0 Å². The van der Waals surface area contributed by atoms with Crippen molar-refractivity contribution >= 4 is 5.78 Å². The van der Waals surface area contributed by atoms with Crippen molar-refractivity contribution in [3.8, 4) is 5.75 Å². The van der Waals surface area contributed by atoms with Gasteiger partial charge in [-0.1, -0.05) is 12.6 Å². The van der Waals surface area contributed by atoms with Gasteiger partial charge in [-0.25, -0.2) is 0 Å². The van der Waals surface area contributed by atoms with Crippen LogP contribution in [0.3, 0.4) is 0 Å². The van der Waals surface area contributed by atoms with Gasteiger partial charge in [-0.15, -0.1) is 0 Å². The molecule has 1 N–H and O–H groups in total. The Morgan fingerprint density at radius 1 is 1.46 bits per heavy atom. The van der Waals surface area contributed by atoms with Crippen LogP contribution in [0.25, 0.3) is 0 Å². The Labute approximate surface area is 77.5 Å². The molecule has 0 aliphatic carbocycles. The molecule has 0 aliphatic heterocycles.